The predicted molar refractivity (Wildman–Crippen MR) is 49.8 cm³/mol. The van der Waals surface area contributed by atoms with Gasteiger partial charge in [0.25, 0.3) is 0 Å². The molecule has 2 heteroatoms. The maximum atomic E-state index is 3.82. The molecule has 0 aromatic heterocycles. The van der Waals surface area contributed by atoms with Gasteiger partial charge in [0.15, 0.2) is 0 Å². The first kappa shape index (κ1) is 9.63. The number of hydrogen-bond donors (Lipinski definition) is 1. The number of thioether (sulfide) groups is 1. The number of nitrogens with one attached hydrogen (secondary N) is 1. The Balaban J connectivity index is 3.35. The van der Waals surface area contributed by atoms with E-state index >= 15 is 0 Å². The number of rotatable bonds is 5. The van der Waals surface area contributed by atoms with Crippen molar-refractivity contribution in [2.75, 3.05) is 6.54 Å². The summed E-state index contributed by atoms with van der Waals surface area (Å²) in [5.41, 5.74) is 0. The lowest BCUT2D eigenvalue weighted by atomic mass is 10.5. The summed E-state index contributed by atoms with van der Waals surface area (Å²) in [6, 6.07) is 0. The van der Waals surface area contributed by atoms with E-state index in [4.69, 9.17) is 0 Å². The minimum atomic E-state index is 0.995. The standard InChI is InChI=1S/C8H15NS/c1-5-6-9-8(4)10-7(2)3/h9H,2,4-6H2,1,3H3. The van der Waals surface area contributed by atoms with Crippen LogP contribution >= 0.6 is 11.8 Å². The van der Waals surface area contributed by atoms with Crippen LogP contribution < -0.4 is 5.32 Å². The first-order valence-corrected chi connectivity index (χ1v) is 4.24. The molecule has 10 heavy (non-hydrogen) atoms. The summed E-state index contributed by atoms with van der Waals surface area (Å²) in [5, 5.41) is 4.17. The highest BCUT2D eigenvalue weighted by Crippen LogP contribution is 2.18. The SMILES string of the molecule is C=C(C)SC(=C)NCCC. The molecule has 58 valence electrons. The van der Waals surface area contributed by atoms with Gasteiger partial charge in [0.1, 0.15) is 0 Å². The molecule has 0 bridgehead atoms. The molecule has 1 N–H and O–H groups in total. The van der Waals surface area contributed by atoms with E-state index in [2.05, 4.69) is 25.4 Å². The smallest absolute Gasteiger partial charge is 0.0653 e. The maximum absolute atomic E-state index is 3.82. The lowest BCUT2D eigenvalue weighted by Crippen LogP contribution is -2.10. The van der Waals surface area contributed by atoms with Crippen LogP contribution in [0, 0.1) is 0 Å². The number of allylic oxidation sites excluding steroid dienone is 1. The molecule has 0 unspecified atom stereocenters. The first-order chi connectivity index (χ1) is 4.66. The van der Waals surface area contributed by atoms with Gasteiger partial charge in [-0.05, 0) is 18.2 Å². The third-order valence-electron chi connectivity index (χ3n) is 0.870. The average Bonchev–Trinajstić information content (AvgIpc) is 1.82. The molecular weight excluding hydrogens is 142 g/mol. The van der Waals surface area contributed by atoms with Crippen molar-refractivity contribution in [1.29, 1.82) is 0 Å². The molecule has 0 spiro atoms. The fourth-order valence-corrected chi connectivity index (χ4v) is 1.11. The quantitative estimate of drug-likeness (QED) is 0.658. The summed E-state index contributed by atoms with van der Waals surface area (Å²) in [6.45, 7) is 12.7. The molecule has 0 aromatic rings. The van der Waals surface area contributed by atoms with E-state index in [-0.39, 0.29) is 0 Å². The summed E-state index contributed by atoms with van der Waals surface area (Å²) in [7, 11) is 0. The van der Waals surface area contributed by atoms with Gasteiger partial charge in [-0.2, -0.15) is 0 Å². The monoisotopic (exact) mass is 157 g/mol. The van der Waals surface area contributed by atoms with Gasteiger partial charge in [0.2, 0.25) is 0 Å². The largest absolute Gasteiger partial charge is 0.380 e. The molecule has 0 saturated heterocycles. The lowest BCUT2D eigenvalue weighted by molar-refractivity contribution is 0.802. The van der Waals surface area contributed by atoms with E-state index in [0.29, 0.717) is 0 Å². The Morgan fingerprint density at radius 1 is 1.50 bits per heavy atom. The third-order valence-corrected chi connectivity index (χ3v) is 1.61. The van der Waals surface area contributed by atoms with Crippen molar-refractivity contribution < 1.29 is 0 Å². The second kappa shape index (κ2) is 5.42. The van der Waals surface area contributed by atoms with Gasteiger partial charge in [-0.3, -0.25) is 0 Å². The highest BCUT2D eigenvalue weighted by molar-refractivity contribution is 8.06. The Morgan fingerprint density at radius 3 is 2.50 bits per heavy atom. The predicted octanol–water partition coefficient (Wildman–Crippen LogP) is 2.72. The van der Waals surface area contributed by atoms with E-state index in [1.807, 2.05) is 6.92 Å². The van der Waals surface area contributed by atoms with Gasteiger partial charge < -0.3 is 5.32 Å². The Hall–Kier alpha value is -0.370. The van der Waals surface area contributed by atoms with Crippen molar-refractivity contribution in [3.63, 3.8) is 0 Å². The Morgan fingerprint density at radius 2 is 2.10 bits per heavy atom. The normalized spacial score (nSPS) is 9.00. The second-order valence-corrected chi connectivity index (χ2v) is 3.55. The summed E-state index contributed by atoms with van der Waals surface area (Å²) in [6.07, 6.45) is 1.13. The van der Waals surface area contributed by atoms with Crippen LogP contribution in [0.15, 0.2) is 23.1 Å². The Kier molecular flexibility index (Phi) is 5.22. The summed E-state index contributed by atoms with van der Waals surface area (Å²) >= 11 is 1.59. The first-order valence-electron chi connectivity index (χ1n) is 3.43. The van der Waals surface area contributed by atoms with Crippen LogP contribution in [0.4, 0.5) is 0 Å². The fraction of sp³-hybridized carbons (Fsp3) is 0.500. The fourth-order valence-electron chi connectivity index (χ4n) is 0.511. The third kappa shape index (κ3) is 5.76. The van der Waals surface area contributed by atoms with Gasteiger partial charge in [0.05, 0.1) is 5.03 Å². The van der Waals surface area contributed by atoms with Crippen molar-refractivity contribution in [3.8, 4) is 0 Å². The van der Waals surface area contributed by atoms with Crippen LogP contribution in [0.5, 0.6) is 0 Å². The molecule has 0 aliphatic heterocycles. The minimum absolute atomic E-state index is 0.995. The van der Waals surface area contributed by atoms with Gasteiger partial charge in [0, 0.05) is 6.54 Å². The summed E-state index contributed by atoms with van der Waals surface area (Å²) in [5.74, 6) is 0. The zero-order chi connectivity index (χ0) is 7.98. The molecule has 0 rings (SSSR count). The van der Waals surface area contributed by atoms with Crippen molar-refractivity contribution in [3.05, 3.63) is 23.1 Å². The molecular formula is C8H15NS. The van der Waals surface area contributed by atoms with E-state index < -0.39 is 0 Å². The molecule has 0 aromatic carbocycles. The number of hydrogen-bond acceptors (Lipinski definition) is 2. The van der Waals surface area contributed by atoms with Crippen molar-refractivity contribution in [2.24, 2.45) is 0 Å². The Bertz CT molecular complexity index is 129. The topological polar surface area (TPSA) is 12.0 Å². The molecule has 0 saturated carbocycles. The van der Waals surface area contributed by atoms with Gasteiger partial charge >= 0.3 is 0 Å². The molecule has 0 aliphatic rings. The van der Waals surface area contributed by atoms with Crippen LogP contribution in [0.1, 0.15) is 20.3 Å². The second-order valence-electron chi connectivity index (χ2n) is 2.15. The summed E-state index contributed by atoms with van der Waals surface area (Å²) < 4.78 is 0. The van der Waals surface area contributed by atoms with Crippen LogP contribution in [0.2, 0.25) is 0 Å². The molecule has 0 amide bonds. The van der Waals surface area contributed by atoms with Gasteiger partial charge in [-0.15, -0.1) is 0 Å². The lowest BCUT2D eigenvalue weighted by Gasteiger charge is -2.05. The van der Waals surface area contributed by atoms with Gasteiger partial charge in [-0.25, -0.2) is 0 Å². The average molecular weight is 157 g/mol. The van der Waals surface area contributed by atoms with Gasteiger partial charge in [-0.1, -0.05) is 31.8 Å². The highest BCUT2D eigenvalue weighted by atomic mass is 32.2. The molecule has 0 atom stereocenters. The van der Waals surface area contributed by atoms with E-state index in [0.717, 1.165) is 22.9 Å². The molecule has 0 aliphatic carbocycles. The minimum Gasteiger partial charge on any atom is -0.380 e. The molecule has 0 heterocycles. The van der Waals surface area contributed by atoms with E-state index in [9.17, 15) is 0 Å². The zero-order valence-electron chi connectivity index (χ0n) is 6.74. The highest BCUT2D eigenvalue weighted by Gasteiger charge is 1.91. The van der Waals surface area contributed by atoms with Crippen molar-refractivity contribution in [2.45, 2.75) is 20.3 Å². The zero-order valence-corrected chi connectivity index (χ0v) is 7.55. The molecule has 0 radical (unpaired) electrons. The van der Waals surface area contributed by atoms with Crippen molar-refractivity contribution >= 4 is 11.8 Å². The molecule has 1 nitrogen and oxygen atoms in total. The molecule has 0 fully saturated rings. The van der Waals surface area contributed by atoms with Crippen molar-refractivity contribution in [1.82, 2.24) is 5.32 Å². The van der Waals surface area contributed by atoms with E-state index in [1.165, 1.54) is 0 Å². The maximum Gasteiger partial charge on any atom is 0.0653 e. The van der Waals surface area contributed by atoms with Crippen LogP contribution in [-0.2, 0) is 0 Å². The Labute approximate surface area is 67.6 Å². The summed E-state index contributed by atoms with van der Waals surface area (Å²) in [4.78, 5) is 1.08. The van der Waals surface area contributed by atoms with Crippen LogP contribution in [-0.4, -0.2) is 6.54 Å². The van der Waals surface area contributed by atoms with Crippen LogP contribution in [0.3, 0.4) is 0 Å². The van der Waals surface area contributed by atoms with E-state index in [1.54, 1.807) is 11.8 Å². The van der Waals surface area contributed by atoms with Crippen LogP contribution in [0.25, 0.3) is 0 Å².